The first kappa shape index (κ1) is 17.8. The standard InChI is InChI=1S/C22H24O2S/c1-4-22(2,3)24-21(23)15-25-14-20-18-11-7-5-9-16(18)13-17-10-6-8-12-19(17)20/h5-13H,4,14-15H2,1-3H3. The van der Waals surface area contributed by atoms with E-state index in [1.54, 1.807) is 11.8 Å². The van der Waals surface area contributed by atoms with Crippen molar-refractivity contribution in [3.05, 3.63) is 60.2 Å². The largest absolute Gasteiger partial charge is 0.459 e. The van der Waals surface area contributed by atoms with Gasteiger partial charge in [-0.05, 0) is 53.4 Å². The molecule has 0 saturated carbocycles. The van der Waals surface area contributed by atoms with E-state index in [1.165, 1.54) is 27.1 Å². The molecule has 0 aromatic heterocycles. The monoisotopic (exact) mass is 352 g/mol. The molecule has 3 heteroatoms. The molecule has 0 saturated heterocycles. The first-order chi connectivity index (χ1) is 12.0. The average molecular weight is 352 g/mol. The van der Waals surface area contributed by atoms with Gasteiger partial charge in [0.15, 0.2) is 0 Å². The smallest absolute Gasteiger partial charge is 0.316 e. The Morgan fingerprint density at radius 1 is 1.00 bits per heavy atom. The van der Waals surface area contributed by atoms with Crippen molar-refractivity contribution < 1.29 is 9.53 Å². The van der Waals surface area contributed by atoms with Gasteiger partial charge in [-0.2, -0.15) is 0 Å². The van der Waals surface area contributed by atoms with Crippen molar-refractivity contribution in [3.63, 3.8) is 0 Å². The molecule has 3 aromatic carbocycles. The van der Waals surface area contributed by atoms with Crippen molar-refractivity contribution in [1.82, 2.24) is 0 Å². The highest BCUT2D eigenvalue weighted by atomic mass is 32.2. The number of carbonyl (C=O) groups excluding carboxylic acids is 1. The van der Waals surface area contributed by atoms with E-state index in [9.17, 15) is 4.79 Å². The maximum atomic E-state index is 12.1. The minimum Gasteiger partial charge on any atom is -0.459 e. The Labute approximate surface area is 153 Å². The van der Waals surface area contributed by atoms with Gasteiger partial charge in [0.05, 0.1) is 5.75 Å². The lowest BCUT2D eigenvalue weighted by Crippen LogP contribution is -2.27. The van der Waals surface area contributed by atoms with E-state index in [4.69, 9.17) is 4.74 Å². The molecule has 0 N–H and O–H groups in total. The second-order valence-corrected chi connectivity index (χ2v) is 7.86. The summed E-state index contributed by atoms with van der Waals surface area (Å²) < 4.78 is 5.54. The molecular formula is C22H24O2S. The summed E-state index contributed by atoms with van der Waals surface area (Å²) >= 11 is 1.62. The van der Waals surface area contributed by atoms with E-state index in [0.717, 1.165) is 12.2 Å². The Balaban J connectivity index is 1.81. The lowest BCUT2D eigenvalue weighted by molar-refractivity contribution is -0.153. The van der Waals surface area contributed by atoms with Crippen LogP contribution in [-0.4, -0.2) is 17.3 Å². The van der Waals surface area contributed by atoms with Crippen LogP contribution in [0.25, 0.3) is 21.5 Å². The Hall–Kier alpha value is -2.00. The van der Waals surface area contributed by atoms with Gasteiger partial charge in [-0.3, -0.25) is 4.79 Å². The van der Waals surface area contributed by atoms with Gasteiger partial charge < -0.3 is 4.74 Å². The number of benzene rings is 3. The van der Waals surface area contributed by atoms with E-state index in [-0.39, 0.29) is 11.6 Å². The van der Waals surface area contributed by atoms with Crippen LogP contribution in [0.1, 0.15) is 32.8 Å². The normalized spacial score (nSPS) is 11.8. The minimum atomic E-state index is -0.385. The molecular weight excluding hydrogens is 328 g/mol. The summed E-state index contributed by atoms with van der Waals surface area (Å²) in [5.41, 5.74) is 0.908. The Morgan fingerprint density at radius 3 is 2.12 bits per heavy atom. The fraction of sp³-hybridized carbons (Fsp3) is 0.318. The fourth-order valence-corrected chi connectivity index (χ4v) is 3.75. The molecule has 0 atom stereocenters. The van der Waals surface area contributed by atoms with Crippen LogP contribution in [0.4, 0.5) is 0 Å². The van der Waals surface area contributed by atoms with Gasteiger partial charge >= 0.3 is 5.97 Å². The second-order valence-electron chi connectivity index (χ2n) is 6.88. The molecule has 25 heavy (non-hydrogen) atoms. The highest BCUT2D eigenvalue weighted by molar-refractivity contribution is 7.99. The maximum absolute atomic E-state index is 12.1. The third-order valence-corrected chi connectivity index (χ3v) is 5.52. The number of thioether (sulfide) groups is 1. The number of fused-ring (bicyclic) bond motifs is 2. The third kappa shape index (κ3) is 4.16. The zero-order valence-corrected chi connectivity index (χ0v) is 15.9. The zero-order chi connectivity index (χ0) is 17.9. The zero-order valence-electron chi connectivity index (χ0n) is 15.0. The lowest BCUT2D eigenvalue weighted by atomic mass is 9.98. The van der Waals surface area contributed by atoms with E-state index in [0.29, 0.717) is 5.75 Å². The Kier molecular flexibility index (Phi) is 5.33. The second kappa shape index (κ2) is 7.49. The van der Waals surface area contributed by atoms with Crippen molar-refractivity contribution in [2.75, 3.05) is 5.75 Å². The van der Waals surface area contributed by atoms with Gasteiger partial charge in [0.1, 0.15) is 5.60 Å². The number of ether oxygens (including phenoxy) is 1. The molecule has 0 aliphatic carbocycles. The maximum Gasteiger partial charge on any atom is 0.316 e. The Morgan fingerprint density at radius 2 is 1.56 bits per heavy atom. The van der Waals surface area contributed by atoms with Crippen LogP contribution >= 0.6 is 11.8 Å². The molecule has 0 heterocycles. The van der Waals surface area contributed by atoms with E-state index in [2.05, 4.69) is 54.6 Å². The molecule has 130 valence electrons. The van der Waals surface area contributed by atoms with E-state index < -0.39 is 0 Å². The predicted molar refractivity (Wildman–Crippen MR) is 108 cm³/mol. The SMILES string of the molecule is CCC(C)(C)OC(=O)CSCc1c2ccccc2cc2ccccc12. The van der Waals surface area contributed by atoms with Gasteiger partial charge in [0.2, 0.25) is 0 Å². The van der Waals surface area contributed by atoms with Gasteiger partial charge in [-0.15, -0.1) is 11.8 Å². The highest BCUT2D eigenvalue weighted by Crippen LogP contribution is 2.31. The molecule has 0 fully saturated rings. The summed E-state index contributed by atoms with van der Waals surface area (Å²) in [5, 5.41) is 5.00. The van der Waals surface area contributed by atoms with Gasteiger partial charge in [0.25, 0.3) is 0 Å². The van der Waals surface area contributed by atoms with E-state index >= 15 is 0 Å². The van der Waals surface area contributed by atoms with Crippen molar-refractivity contribution in [2.24, 2.45) is 0 Å². The van der Waals surface area contributed by atoms with Crippen LogP contribution in [0, 0.1) is 0 Å². The van der Waals surface area contributed by atoms with Crippen molar-refractivity contribution in [3.8, 4) is 0 Å². The van der Waals surface area contributed by atoms with Crippen molar-refractivity contribution in [1.29, 1.82) is 0 Å². The predicted octanol–water partition coefficient (Wildman–Crippen LogP) is 5.96. The van der Waals surface area contributed by atoms with Crippen LogP contribution in [0.3, 0.4) is 0 Å². The molecule has 0 bridgehead atoms. The van der Waals surface area contributed by atoms with Crippen LogP contribution in [0.15, 0.2) is 54.6 Å². The first-order valence-corrected chi connectivity index (χ1v) is 9.84. The Bertz CT molecular complexity index is 845. The molecule has 0 spiro atoms. The molecule has 0 radical (unpaired) electrons. The molecule has 3 rings (SSSR count). The quantitative estimate of drug-likeness (QED) is 0.404. The van der Waals surface area contributed by atoms with Crippen molar-refractivity contribution >= 4 is 39.3 Å². The molecule has 0 aliphatic rings. The fourth-order valence-electron chi connectivity index (χ4n) is 2.91. The molecule has 2 nitrogen and oxygen atoms in total. The molecule has 3 aromatic rings. The summed E-state index contributed by atoms with van der Waals surface area (Å²) in [5.74, 6) is 1.03. The number of hydrogen-bond acceptors (Lipinski definition) is 3. The number of carbonyl (C=O) groups is 1. The first-order valence-electron chi connectivity index (χ1n) is 8.69. The summed E-state index contributed by atoms with van der Waals surface area (Å²) in [6.07, 6.45) is 0.817. The number of esters is 1. The van der Waals surface area contributed by atoms with Crippen LogP contribution < -0.4 is 0 Å². The average Bonchev–Trinajstić information content (AvgIpc) is 2.60. The molecule has 0 unspecified atom stereocenters. The van der Waals surface area contributed by atoms with Crippen LogP contribution in [0.2, 0.25) is 0 Å². The summed E-state index contributed by atoms with van der Waals surface area (Å²) in [4.78, 5) is 12.1. The minimum absolute atomic E-state index is 0.138. The van der Waals surface area contributed by atoms with Crippen LogP contribution in [0.5, 0.6) is 0 Å². The molecule has 0 amide bonds. The third-order valence-electron chi connectivity index (χ3n) is 4.59. The number of rotatable bonds is 6. The van der Waals surface area contributed by atoms with Gasteiger partial charge in [-0.1, -0.05) is 55.5 Å². The van der Waals surface area contributed by atoms with Gasteiger partial charge in [-0.25, -0.2) is 0 Å². The van der Waals surface area contributed by atoms with Crippen molar-refractivity contribution in [2.45, 2.75) is 38.5 Å². The summed E-state index contributed by atoms with van der Waals surface area (Å²) in [7, 11) is 0. The molecule has 0 aliphatic heterocycles. The topological polar surface area (TPSA) is 26.3 Å². The number of hydrogen-bond donors (Lipinski definition) is 0. The van der Waals surface area contributed by atoms with E-state index in [1.807, 2.05) is 20.8 Å². The summed E-state index contributed by atoms with van der Waals surface area (Å²) in [6, 6.07) is 19.1. The highest BCUT2D eigenvalue weighted by Gasteiger charge is 2.20. The van der Waals surface area contributed by atoms with Gasteiger partial charge in [0, 0.05) is 5.75 Å². The summed E-state index contributed by atoms with van der Waals surface area (Å²) in [6.45, 7) is 5.93. The lowest BCUT2D eigenvalue weighted by Gasteiger charge is -2.23. The van der Waals surface area contributed by atoms with Crippen LogP contribution in [-0.2, 0) is 15.3 Å².